The van der Waals surface area contributed by atoms with Crippen LogP contribution in [0.2, 0.25) is 0 Å². The van der Waals surface area contributed by atoms with Crippen LogP contribution in [-0.2, 0) is 11.2 Å². The molecule has 0 saturated carbocycles. The van der Waals surface area contributed by atoms with Gasteiger partial charge in [0.15, 0.2) is 5.82 Å². The van der Waals surface area contributed by atoms with Crippen molar-refractivity contribution < 1.29 is 4.79 Å². The summed E-state index contributed by atoms with van der Waals surface area (Å²) in [5.74, 6) is 0.902. The van der Waals surface area contributed by atoms with E-state index in [0.29, 0.717) is 11.8 Å². The maximum atomic E-state index is 11.1. The normalized spacial score (nSPS) is 10.3. The lowest BCUT2D eigenvalue weighted by atomic mass is 10.1. The molecule has 7 nitrogen and oxygen atoms in total. The molecule has 0 radical (unpaired) electrons. The topological polar surface area (TPSA) is 91.8 Å². The van der Waals surface area contributed by atoms with E-state index in [1.54, 1.807) is 6.20 Å². The van der Waals surface area contributed by atoms with E-state index in [4.69, 9.17) is 0 Å². The van der Waals surface area contributed by atoms with E-state index < -0.39 is 0 Å². The van der Waals surface area contributed by atoms with Crippen molar-refractivity contribution in [3.8, 4) is 0 Å². The Labute approximate surface area is 158 Å². The molecular formula is C20H22N6O. The second kappa shape index (κ2) is 8.27. The fourth-order valence-electron chi connectivity index (χ4n) is 2.72. The molecule has 1 amide bonds. The van der Waals surface area contributed by atoms with E-state index in [2.05, 4.69) is 44.1 Å². The summed E-state index contributed by atoms with van der Waals surface area (Å²) in [7, 11) is 0. The van der Waals surface area contributed by atoms with Crippen molar-refractivity contribution in [2.24, 2.45) is 0 Å². The third-order valence-corrected chi connectivity index (χ3v) is 4.01. The zero-order chi connectivity index (χ0) is 19.2. The molecule has 3 N–H and O–H groups in total. The number of aryl methyl sites for hydroxylation is 2. The van der Waals surface area contributed by atoms with Crippen molar-refractivity contribution in [2.45, 2.75) is 27.2 Å². The van der Waals surface area contributed by atoms with Gasteiger partial charge in [-0.15, -0.1) is 5.10 Å². The van der Waals surface area contributed by atoms with Gasteiger partial charge in [0, 0.05) is 24.0 Å². The Hall–Kier alpha value is -3.48. The van der Waals surface area contributed by atoms with Crippen molar-refractivity contribution >= 4 is 34.7 Å². The molecule has 0 aliphatic rings. The number of nitrogens with zero attached hydrogens (tertiary/aromatic N) is 3. The van der Waals surface area contributed by atoms with Crippen LogP contribution in [0.3, 0.4) is 0 Å². The maximum absolute atomic E-state index is 11.1. The number of benzene rings is 2. The molecule has 3 aromatic rings. The summed E-state index contributed by atoms with van der Waals surface area (Å²) in [6, 6.07) is 13.5. The van der Waals surface area contributed by atoms with Gasteiger partial charge in [0.05, 0.1) is 6.20 Å². The Bertz CT molecular complexity index is 939. The highest BCUT2D eigenvalue weighted by Gasteiger charge is 2.08. The molecular weight excluding hydrogens is 340 g/mol. The highest BCUT2D eigenvalue weighted by atomic mass is 16.1. The number of anilines is 5. The van der Waals surface area contributed by atoms with Crippen LogP contribution in [0, 0.1) is 6.92 Å². The van der Waals surface area contributed by atoms with Crippen molar-refractivity contribution in [2.75, 3.05) is 16.0 Å². The number of hydrogen-bond acceptors (Lipinski definition) is 6. The minimum absolute atomic E-state index is 0.103. The number of carbonyl (C=O) groups is 1. The van der Waals surface area contributed by atoms with Crippen molar-refractivity contribution in [1.29, 1.82) is 0 Å². The zero-order valence-electron chi connectivity index (χ0n) is 15.6. The second-order valence-corrected chi connectivity index (χ2v) is 6.14. The second-order valence-electron chi connectivity index (χ2n) is 6.14. The monoisotopic (exact) mass is 362 g/mol. The van der Waals surface area contributed by atoms with Crippen molar-refractivity contribution in [1.82, 2.24) is 15.2 Å². The smallest absolute Gasteiger partial charge is 0.249 e. The molecule has 0 saturated heterocycles. The van der Waals surface area contributed by atoms with E-state index >= 15 is 0 Å². The third kappa shape index (κ3) is 4.78. The number of amides is 1. The fraction of sp³-hybridized carbons (Fsp3) is 0.200. The molecule has 0 aliphatic carbocycles. The number of nitrogens with one attached hydrogen (secondary N) is 3. The first kappa shape index (κ1) is 18.3. The lowest BCUT2D eigenvalue weighted by Gasteiger charge is -2.13. The number of carbonyl (C=O) groups excluding carboxylic acids is 1. The van der Waals surface area contributed by atoms with Crippen LogP contribution in [0.15, 0.2) is 48.7 Å². The minimum atomic E-state index is -0.103. The minimum Gasteiger partial charge on any atom is -0.339 e. The molecule has 0 spiro atoms. The van der Waals surface area contributed by atoms with Gasteiger partial charge in [-0.25, -0.2) is 0 Å². The number of rotatable bonds is 6. The van der Waals surface area contributed by atoms with Crippen molar-refractivity contribution in [3.63, 3.8) is 0 Å². The van der Waals surface area contributed by atoms with Gasteiger partial charge in [0.2, 0.25) is 11.9 Å². The van der Waals surface area contributed by atoms with Gasteiger partial charge in [-0.3, -0.25) is 4.79 Å². The van der Waals surface area contributed by atoms with Gasteiger partial charge in [-0.05, 0) is 48.7 Å². The molecule has 7 heteroatoms. The number of para-hydroxylation sites is 1. The van der Waals surface area contributed by atoms with E-state index in [1.807, 2.05) is 43.3 Å². The molecule has 2 aromatic carbocycles. The molecule has 3 rings (SSSR count). The fourth-order valence-corrected chi connectivity index (χ4v) is 2.72. The summed E-state index contributed by atoms with van der Waals surface area (Å²) < 4.78 is 0. The Morgan fingerprint density at radius 2 is 1.78 bits per heavy atom. The summed E-state index contributed by atoms with van der Waals surface area (Å²) in [5.41, 5.74) is 4.91. The van der Waals surface area contributed by atoms with Crippen LogP contribution in [0.5, 0.6) is 0 Å². The number of aromatic nitrogens is 3. The summed E-state index contributed by atoms with van der Waals surface area (Å²) in [4.78, 5) is 15.6. The molecule has 1 aromatic heterocycles. The molecule has 0 aliphatic heterocycles. The standard InChI is InChI=1S/C20H22N6O/c1-4-15-7-5-6-13(2)19(15)25-20-24-18(12-21-26-20)23-17-10-8-16(9-11-17)22-14(3)27/h5-12H,4H2,1-3H3,(H,22,27)(H2,23,24,25,26). The summed E-state index contributed by atoms with van der Waals surface area (Å²) in [6.07, 6.45) is 2.47. The summed E-state index contributed by atoms with van der Waals surface area (Å²) in [5, 5.41) is 17.3. The van der Waals surface area contributed by atoms with E-state index in [0.717, 1.165) is 29.0 Å². The van der Waals surface area contributed by atoms with Gasteiger partial charge >= 0.3 is 0 Å². The Kier molecular flexibility index (Phi) is 5.61. The number of hydrogen-bond donors (Lipinski definition) is 3. The van der Waals surface area contributed by atoms with E-state index in [1.165, 1.54) is 12.5 Å². The molecule has 0 unspecified atom stereocenters. The molecule has 0 bridgehead atoms. The Morgan fingerprint density at radius 1 is 1.04 bits per heavy atom. The SMILES string of the molecule is CCc1cccc(C)c1Nc1nncc(Nc2ccc(NC(C)=O)cc2)n1. The molecule has 27 heavy (non-hydrogen) atoms. The lowest BCUT2D eigenvalue weighted by molar-refractivity contribution is -0.114. The van der Waals surface area contributed by atoms with Crippen LogP contribution in [0.25, 0.3) is 0 Å². The average molecular weight is 362 g/mol. The first-order valence-corrected chi connectivity index (χ1v) is 8.75. The first-order valence-electron chi connectivity index (χ1n) is 8.75. The summed E-state index contributed by atoms with van der Waals surface area (Å²) >= 11 is 0. The van der Waals surface area contributed by atoms with Crippen LogP contribution >= 0.6 is 0 Å². The van der Waals surface area contributed by atoms with Crippen molar-refractivity contribution in [3.05, 3.63) is 59.8 Å². The van der Waals surface area contributed by atoms with Gasteiger partial charge in [-0.2, -0.15) is 10.1 Å². The van der Waals surface area contributed by atoms with Gasteiger partial charge < -0.3 is 16.0 Å². The predicted octanol–water partition coefficient (Wildman–Crippen LogP) is 4.19. The lowest BCUT2D eigenvalue weighted by Crippen LogP contribution is -2.06. The Balaban J connectivity index is 1.75. The third-order valence-electron chi connectivity index (χ3n) is 4.01. The maximum Gasteiger partial charge on any atom is 0.249 e. The van der Waals surface area contributed by atoms with Gasteiger partial charge in [-0.1, -0.05) is 25.1 Å². The predicted molar refractivity (Wildman–Crippen MR) is 108 cm³/mol. The molecule has 138 valence electrons. The highest BCUT2D eigenvalue weighted by molar-refractivity contribution is 5.88. The van der Waals surface area contributed by atoms with Crippen LogP contribution in [0.1, 0.15) is 25.0 Å². The zero-order valence-corrected chi connectivity index (χ0v) is 15.6. The van der Waals surface area contributed by atoms with Gasteiger partial charge in [0.1, 0.15) is 0 Å². The molecule has 0 fully saturated rings. The molecule has 1 heterocycles. The summed E-state index contributed by atoms with van der Waals surface area (Å²) in [6.45, 7) is 5.64. The van der Waals surface area contributed by atoms with Crippen LogP contribution in [0.4, 0.5) is 28.8 Å². The molecule has 0 atom stereocenters. The average Bonchev–Trinajstić information content (AvgIpc) is 2.65. The largest absolute Gasteiger partial charge is 0.339 e. The van der Waals surface area contributed by atoms with Crippen LogP contribution < -0.4 is 16.0 Å². The van der Waals surface area contributed by atoms with E-state index in [9.17, 15) is 4.79 Å². The van der Waals surface area contributed by atoms with Gasteiger partial charge in [0.25, 0.3) is 0 Å². The highest BCUT2D eigenvalue weighted by Crippen LogP contribution is 2.24. The first-order chi connectivity index (χ1) is 13.0. The van der Waals surface area contributed by atoms with Crippen LogP contribution in [-0.4, -0.2) is 21.1 Å². The van der Waals surface area contributed by atoms with E-state index in [-0.39, 0.29) is 5.91 Å². The quantitative estimate of drug-likeness (QED) is 0.609. The Morgan fingerprint density at radius 3 is 2.48 bits per heavy atom.